The maximum Gasteiger partial charge on any atom is 0.434 e. The largest absolute Gasteiger partial charge is 0.508 e. The molecule has 0 aliphatic rings. The molecule has 1 aromatic heterocycles. The van der Waals surface area contributed by atoms with Gasteiger partial charge in [0.15, 0.2) is 0 Å². The number of phenols is 1. The first-order valence-electron chi connectivity index (χ1n) is 9.47. The monoisotopic (exact) mass is 438 g/mol. The van der Waals surface area contributed by atoms with Crippen molar-refractivity contribution in [2.45, 2.75) is 20.3 Å². The van der Waals surface area contributed by atoms with Crippen molar-refractivity contribution in [3.05, 3.63) is 59.5 Å². The molecule has 1 N–H and O–H groups in total. The minimum Gasteiger partial charge on any atom is -0.508 e. The lowest BCUT2D eigenvalue weighted by molar-refractivity contribution is 0.183. The molecule has 0 aliphatic heterocycles. The fourth-order valence-electron chi connectivity index (χ4n) is 2.81. The molecule has 9 heteroatoms. The number of aryl methyl sites for hydroxylation is 2. The number of carbonyl (C=O) groups is 1. The Morgan fingerprint density at radius 2 is 1.97 bits per heavy atom. The third-order valence-electron chi connectivity index (χ3n) is 4.32. The summed E-state index contributed by atoms with van der Waals surface area (Å²) in [5.74, 6) is 1.09. The third-order valence-corrected chi connectivity index (χ3v) is 4.99. The van der Waals surface area contributed by atoms with E-state index in [1.807, 2.05) is 25.1 Å². The molecule has 160 valence electrons. The number of aliphatic imine (C=N–C) groups is 2. The molecule has 3 rings (SSSR count). The number of amides is 1. The highest BCUT2D eigenvalue weighted by Gasteiger charge is 2.16. The topological polar surface area (TPSA) is 110 Å². The van der Waals surface area contributed by atoms with E-state index < -0.39 is 6.09 Å². The first-order valence-corrected chi connectivity index (χ1v) is 10.7. The van der Waals surface area contributed by atoms with E-state index in [0.29, 0.717) is 33.7 Å². The molecule has 0 unspecified atom stereocenters. The van der Waals surface area contributed by atoms with Crippen molar-refractivity contribution in [2.75, 3.05) is 13.4 Å². The summed E-state index contributed by atoms with van der Waals surface area (Å²) in [6.07, 6.45) is 1.80. The summed E-state index contributed by atoms with van der Waals surface area (Å²) >= 11 is 1.26. The van der Waals surface area contributed by atoms with Crippen LogP contribution in [0.4, 0.5) is 10.5 Å². The highest BCUT2D eigenvalue weighted by molar-refractivity contribution is 8.15. The van der Waals surface area contributed by atoms with Gasteiger partial charge in [0.05, 0.1) is 12.8 Å². The minimum atomic E-state index is -0.726. The van der Waals surface area contributed by atoms with Gasteiger partial charge in [-0.2, -0.15) is 9.98 Å². The summed E-state index contributed by atoms with van der Waals surface area (Å²) < 4.78 is 9.71. The zero-order valence-electron chi connectivity index (χ0n) is 17.6. The number of phenolic OH excluding ortho intramolecular Hbond substituents is 1. The van der Waals surface area contributed by atoms with Crippen LogP contribution in [0, 0.1) is 6.92 Å². The SMILES string of the molecule is CCc1cc(O)cc(C(=N\c2ccc(-c3noc(C)n3)cc2)/C(=N/C(=O)OC)SC)c1. The molecule has 0 bridgehead atoms. The fraction of sp³-hybridized carbons (Fsp3) is 0.227. The van der Waals surface area contributed by atoms with Gasteiger partial charge in [-0.05, 0) is 60.7 Å². The van der Waals surface area contributed by atoms with Crippen molar-refractivity contribution < 1.29 is 19.2 Å². The Morgan fingerprint density at radius 1 is 1.23 bits per heavy atom. The van der Waals surface area contributed by atoms with Crippen LogP contribution in [-0.4, -0.2) is 45.5 Å². The number of methoxy groups -OCH3 is 1. The second-order valence-corrected chi connectivity index (χ2v) is 7.27. The van der Waals surface area contributed by atoms with Gasteiger partial charge in [-0.15, -0.1) is 11.8 Å². The number of benzene rings is 2. The number of thioether (sulfide) groups is 1. The number of carbonyl (C=O) groups excluding carboxylic acids is 1. The number of aromatic hydroxyl groups is 1. The number of hydrogen-bond acceptors (Lipinski definition) is 8. The predicted molar refractivity (Wildman–Crippen MR) is 122 cm³/mol. The Bertz CT molecular complexity index is 1140. The second kappa shape index (κ2) is 10.0. The lowest BCUT2D eigenvalue weighted by atomic mass is 10.0. The normalized spacial score (nSPS) is 12.1. The Labute approximate surface area is 184 Å². The molecule has 0 saturated heterocycles. The molecule has 1 heterocycles. The lowest BCUT2D eigenvalue weighted by Gasteiger charge is -2.11. The van der Waals surface area contributed by atoms with Crippen LogP contribution in [0.3, 0.4) is 0 Å². The van der Waals surface area contributed by atoms with Gasteiger partial charge in [-0.3, -0.25) is 0 Å². The van der Waals surface area contributed by atoms with Crippen LogP contribution >= 0.6 is 11.8 Å². The Kier molecular flexibility index (Phi) is 7.19. The Hall–Kier alpha value is -3.46. The van der Waals surface area contributed by atoms with Gasteiger partial charge >= 0.3 is 6.09 Å². The van der Waals surface area contributed by atoms with Crippen molar-refractivity contribution >= 4 is 34.3 Å². The predicted octanol–water partition coefficient (Wildman–Crippen LogP) is 4.96. The molecule has 0 spiro atoms. The van der Waals surface area contributed by atoms with E-state index in [1.165, 1.54) is 18.9 Å². The van der Waals surface area contributed by atoms with E-state index in [1.54, 1.807) is 37.4 Å². The first-order chi connectivity index (χ1) is 14.9. The van der Waals surface area contributed by atoms with E-state index >= 15 is 0 Å². The van der Waals surface area contributed by atoms with Crippen LogP contribution in [0.2, 0.25) is 0 Å². The summed E-state index contributed by atoms with van der Waals surface area (Å²) in [5, 5.41) is 14.5. The highest BCUT2D eigenvalue weighted by Crippen LogP contribution is 2.24. The van der Waals surface area contributed by atoms with Crippen molar-refractivity contribution in [1.82, 2.24) is 10.1 Å². The average Bonchev–Trinajstić information content (AvgIpc) is 3.22. The molecule has 0 fully saturated rings. The summed E-state index contributed by atoms with van der Waals surface area (Å²) in [4.78, 5) is 24.8. The van der Waals surface area contributed by atoms with Gasteiger partial charge in [0, 0.05) is 18.1 Å². The van der Waals surface area contributed by atoms with Gasteiger partial charge in [-0.1, -0.05) is 12.1 Å². The molecule has 0 radical (unpaired) electrons. The maximum absolute atomic E-state index is 11.8. The van der Waals surface area contributed by atoms with Gasteiger partial charge in [-0.25, -0.2) is 9.79 Å². The van der Waals surface area contributed by atoms with Crippen LogP contribution in [0.25, 0.3) is 11.4 Å². The molecular formula is C22H22N4O4S. The minimum absolute atomic E-state index is 0.114. The number of nitrogens with zero attached hydrogens (tertiary/aromatic N) is 4. The molecule has 3 aromatic rings. The van der Waals surface area contributed by atoms with Gasteiger partial charge in [0.2, 0.25) is 11.7 Å². The quantitative estimate of drug-likeness (QED) is 0.443. The Morgan fingerprint density at radius 3 is 2.55 bits per heavy atom. The third kappa shape index (κ3) is 5.58. The number of rotatable bonds is 5. The van der Waals surface area contributed by atoms with E-state index in [2.05, 4.69) is 19.9 Å². The molecule has 8 nitrogen and oxygen atoms in total. The average molecular weight is 439 g/mol. The van der Waals surface area contributed by atoms with Gasteiger partial charge in [0.1, 0.15) is 16.5 Å². The van der Waals surface area contributed by atoms with E-state index in [9.17, 15) is 9.90 Å². The van der Waals surface area contributed by atoms with Crippen LogP contribution in [0.15, 0.2) is 57.0 Å². The molecule has 0 saturated carbocycles. The molecule has 31 heavy (non-hydrogen) atoms. The maximum atomic E-state index is 11.8. The summed E-state index contributed by atoms with van der Waals surface area (Å²) in [5.41, 5.74) is 3.45. The molecular weight excluding hydrogens is 416 g/mol. The van der Waals surface area contributed by atoms with E-state index in [0.717, 1.165) is 17.5 Å². The van der Waals surface area contributed by atoms with Crippen LogP contribution in [0.1, 0.15) is 23.9 Å². The standard InChI is InChI=1S/C22H22N4O4S/c1-5-14-10-16(12-18(27)11-14)19(21(31-4)25-22(28)29-3)24-17-8-6-15(7-9-17)20-23-13(2)30-26-20/h6-12,27H,5H2,1-4H3/b24-19+,25-21-. The van der Waals surface area contributed by atoms with Crippen molar-refractivity contribution in [2.24, 2.45) is 9.98 Å². The fourth-order valence-corrected chi connectivity index (χ4v) is 3.33. The molecule has 2 aromatic carbocycles. The smallest absolute Gasteiger partial charge is 0.434 e. The van der Waals surface area contributed by atoms with Crippen LogP contribution in [0.5, 0.6) is 5.75 Å². The van der Waals surface area contributed by atoms with Crippen molar-refractivity contribution in [1.29, 1.82) is 0 Å². The van der Waals surface area contributed by atoms with Gasteiger partial charge < -0.3 is 14.4 Å². The first kappa shape index (κ1) is 22.2. The lowest BCUT2D eigenvalue weighted by Crippen LogP contribution is -2.14. The molecule has 0 aliphatic carbocycles. The zero-order chi connectivity index (χ0) is 22.4. The Balaban J connectivity index is 2.09. The van der Waals surface area contributed by atoms with Crippen molar-refractivity contribution in [3.63, 3.8) is 0 Å². The highest BCUT2D eigenvalue weighted by atomic mass is 32.2. The van der Waals surface area contributed by atoms with E-state index in [-0.39, 0.29) is 5.75 Å². The van der Waals surface area contributed by atoms with Gasteiger partial charge in [0.25, 0.3) is 0 Å². The number of ether oxygens (including phenoxy) is 1. The summed E-state index contributed by atoms with van der Waals surface area (Å²) in [6.45, 7) is 3.72. The molecule has 1 amide bonds. The summed E-state index contributed by atoms with van der Waals surface area (Å²) in [7, 11) is 1.27. The van der Waals surface area contributed by atoms with E-state index in [4.69, 9.17) is 9.52 Å². The second-order valence-electron chi connectivity index (χ2n) is 6.48. The van der Waals surface area contributed by atoms with Crippen molar-refractivity contribution in [3.8, 4) is 17.1 Å². The number of hydrogen-bond donors (Lipinski definition) is 1. The molecule has 0 atom stereocenters. The van der Waals surface area contributed by atoms with Crippen LogP contribution in [-0.2, 0) is 11.2 Å². The number of aromatic nitrogens is 2. The zero-order valence-corrected chi connectivity index (χ0v) is 18.4. The summed E-state index contributed by atoms with van der Waals surface area (Å²) in [6, 6.07) is 12.5. The van der Waals surface area contributed by atoms with Crippen LogP contribution < -0.4 is 0 Å².